The zero-order chi connectivity index (χ0) is 25.6. The third-order valence-electron chi connectivity index (χ3n) is 6.28. The zero-order valence-corrected chi connectivity index (χ0v) is 22.1. The predicted molar refractivity (Wildman–Crippen MR) is 146 cm³/mol. The standard InChI is InChI=1S/C31H41FN2O2/c1-4-6-7-8-9-10-25-19-33-31(34-20-25)28-13-11-26(12-14-28)27-15-17-30(18-16-27)36-22-24(3)21-35-23-29(32)5-2/h11-20,24,29H,4-10,21-23H2,1-3H3. The molecule has 36 heavy (non-hydrogen) atoms. The number of halogens is 1. The number of benzene rings is 2. The molecule has 0 radical (unpaired) electrons. The second-order valence-corrected chi connectivity index (χ2v) is 9.64. The van der Waals surface area contributed by atoms with Crippen LogP contribution in [0.2, 0.25) is 0 Å². The maximum Gasteiger partial charge on any atom is 0.159 e. The van der Waals surface area contributed by atoms with Gasteiger partial charge in [-0.3, -0.25) is 0 Å². The van der Waals surface area contributed by atoms with Gasteiger partial charge in [-0.15, -0.1) is 0 Å². The molecule has 1 heterocycles. The maximum atomic E-state index is 13.2. The van der Waals surface area contributed by atoms with E-state index >= 15 is 0 Å². The molecule has 1 aromatic heterocycles. The molecule has 0 amide bonds. The fraction of sp³-hybridized carbons (Fsp3) is 0.484. The summed E-state index contributed by atoms with van der Waals surface area (Å²) < 4.78 is 24.5. The summed E-state index contributed by atoms with van der Waals surface area (Å²) in [6, 6.07) is 16.4. The lowest BCUT2D eigenvalue weighted by Crippen LogP contribution is -2.18. The number of hydrogen-bond acceptors (Lipinski definition) is 4. The zero-order valence-electron chi connectivity index (χ0n) is 22.1. The minimum absolute atomic E-state index is 0.158. The van der Waals surface area contributed by atoms with Crippen LogP contribution in [-0.2, 0) is 11.2 Å². The molecule has 0 N–H and O–H groups in total. The molecule has 0 aliphatic heterocycles. The number of hydrogen-bond donors (Lipinski definition) is 0. The van der Waals surface area contributed by atoms with Crippen molar-refractivity contribution >= 4 is 0 Å². The minimum atomic E-state index is -0.886. The van der Waals surface area contributed by atoms with Crippen LogP contribution in [0.15, 0.2) is 60.9 Å². The van der Waals surface area contributed by atoms with E-state index in [4.69, 9.17) is 9.47 Å². The first-order valence-electron chi connectivity index (χ1n) is 13.5. The van der Waals surface area contributed by atoms with E-state index in [-0.39, 0.29) is 12.5 Å². The van der Waals surface area contributed by atoms with Gasteiger partial charge in [0.2, 0.25) is 0 Å². The van der Waals surface area contributed by atoms with Crippen molar-refractivity contribution in [3.05, 3.63) is 66.5 Å². The molecule has 5 heteroatoms. The Morgan fingerprint density at radius 2 is 1.36 bits per heavy atom. The van der Waals surface area contributed by atoms with E-state index < -0.39 is 6.17 Å². The van der Waals surface area contributed by atoms with Crippen molar-refractivity contribution in [2.75, 3.05) is 19.8 Å². The van der Waals surface area contributed by atoms with Gasteiger partial charge >= 0.3 is 0 Å². The molecular formula is C31H41FN2O2. The summed E-state index contributed by atoms with van der Waals surface area (Å²) in [5.41, 5.74) is 4.48. The average molecular weight is 493 g/mol. The molecule has 0 spiro atoms. The maximum absolute atomic E-state index is 13.2. The molecule has 0 bridgehead atoms. The molecule has 2 atom stereocenters. The first-order valence-corrected chi connectivity index (χ1v) is 13.5. The molecule has 0 fully saturated rings. The normalized spacial score (nSPS) is 12.9. The van der Waals surface area contributed by atoms with Crippen LogP contribution in [0.4, 0.5) is 4.39 Å². The van der Waals surface area contributed by atoms with Crippen LogP contribution in [0.1, 0.15) is 64.9 Å². The Hall–Kier alpha value is -2.79. The molecule has 3 rings (SSSR count). The number of aromatic nitrogens is 2. The Bertz CT molecular complexity index is 991. The van der Waals surface area contributed by atoms with E-state index in [1.54, 1.807) is 0 Å². The van der Waals surface area contributed by atoms with Gasteiger partial charge in [0.15, 0.2) is 5.82 Å². The van der Waals surface area contributed by atoms with Crippen LogP contribution < -0.4 is 4.74 Å². The van der Waals surface area contributed by atoms with Crippen LogP contribution in [0.5, 0.6) is 5.75 Å². The highest BCUT2D eigenvalue weighted by Gasteiger charge is 2.08. The summed E-state index contributed by atoms with van der Waals surface area (Å²) in [5, 5.41) is 0. The summed E-state index contributed by atoms with van der Waals surface area (Å²) >= 11 is 0. The highest BCUT2D eigenvalue weighted by Crippen LogP contribution is 2.25. The summed E-state index contributed by atoms with van der Waals surface area (Å²) in [4.78, 5) is 9.18. The Kier molecular flexibility index (Phi) is 11.9. The minimum Gasteiger partial charge on any atom is -0.493 e. The fourth-order valence-corrected chi connectivity index (χ4v) is 3.92. The first kappa shape index (κ1) is 27.8. The Morgan fingerprint density at radius 3 is 2.00 bits per heavy atom. The smallest absolute Gasteiger partial charge is 0.159 e. The lowest BCUT2D eigenvalue weighted by molar-refractivity contribution is 0.0479. The molecule has 0 aliphatic rings. The Labute approximate surface area is 216 Å². The summed E-state index contributed by atoms with van der Waals surface area (Å²) in [6.45, 7) is 7.30. The van der Waals surface area contributed by atoms with Crippen molar-refractivity contribution in [1.29, 1.82) is 0 Å². The molecule has 0 saturated heterocycles. The summed E-state index contributed by atoms with van der Waals surface area (Å²) in [5.74, 6) is 1.77. The SMILES string of the molecule is CCCCCCCc1cnc(-c2ccc(-c3ccc(OCC(C)COCC(F)CC)cc3)cc2)nc1. The quantitative estimate of drug-likeness (QED) is 0.189. The first-order chi connectivity index (χ1) is 17.6. The monoisotopic (exact) mass is 492 g/mol. The van der Waals surface area contributed by atoms with Gasteiger partial charge in [-0.2, -0.15) is 0 Å². The number of aryl methyl sites for hydroxylation is 1. The van der Waals surface area contributed by atoms with Crippen molar-refractivity contribution in [2.24, 2.45) is 5.92 Å². The summed E-state index contributed by atoms with van der Waals surface area (Å²) in [6.07, 6.45) is 11.0. The van der Waals surface area contributed by atoms with E-state index in [9.17, 15) is 4.39 Å². The van der Waals surface area contributed by atoms with Gasteiger partial charge in [0, 0.05) is 23.9 Å². The third-order valence-corrected chi connectivity index (χ3v) is 6.28. The molecule has 194 valence electrons. The van der Waals surface area contributed by atoms with Crippen LogP contribution >= 0.6 is 0 Å². The number of unbranched alkanes of at least 4 members (excludes halogenated alkanes) is 4. The fourth-order valence-electron chi connectivity index (χ4n) is 3.92. The highest BCUT2D eigenvalue weighted by molar-refractivity contribution is 5.68. The molecule has 4 nitrogen and oxygen atoms in total. The number of alkyl halides is 1. The van der Waals surface area contributed by atoms with Crippen molar-refractivity contribution < 1.29 is 13.9 Å². The van der Waals surface area contributed by atoms with Crippen LogP contribution in [-0.4, -0.2) is 36.0 Å². The Morgan fingerprint density at radius 1 is 0.750 bits per heavy atom. The van der Waals surface area contributed by atoms with Crippen LogP contribution in [0.3, 0.4) is 0 Å². The van der Waals surface area contributed by atoms with Crippen molar-refractivity contribution in [1.82, 2.24) is 9.97 Å². The van der Waals surface area contributed by atoms with Gasteiger partial charge in [0.1, 0.15) is 11.9 Å². The molecule has 3 aromatic rings. The van der Waals surface area contributed by atoms with Gasteiger partial charge in [-0.1, -0.05) is 82.9 Å². The van der Waals surface area contributed by atoms with Crippen LogP contribution in [0.25, 0.3) is 22.5 Å². The van der Waals surface area contributed by atoms with Crippen LogP contribution in [0, 0.1) is 5.92 Å². The van der Waals surface area contributed by atoms with Gasteiger partial charge < -0.3 is 9.47 Å². The largest absolute Gasteiger partial charge is 0.493 e. The van der Waals surface area contributed by atoms with Crippen molar-refractivity contribution in [3.63, 3.8) is 0 Å². The van der Waals surface area contributed by atoms with Crippen molar-refractivity contribution in [2.45, 2.75) is 71.9 Å². The van der Waals surface area contributed by atoms with E-state index in [1.165, 1.54) is 37.7 Å². The second-order valence-electron chi connectivity index (χ2n) is 9.64. The molecule has 2 aromatic carbocycles. The number of nitrogens with zero attached hydrogens (tertiary/aromatic N) is 2. The molecular weight excluding hydrogens is 451 g/mol. The van der Waals surface area contributed by atoms with E-state index in [1.807, 2.05) is 38.4 Å². The average Bonchev–Trinajstić information content (AvgIpc) is 2.92. The number of ether oxygens (including phenoxy) is 2. The topological polar surface area (TPSA) is 44.2 Å². The molecule has 0 saturated carbocycles. The Balaban J connectivity index is 1.47. The highest BCUT2D eigenvalue weighted by atomic mass is 19.1. The van der Waals surface area contributed by atoms with E-state index in [0.717, 1.165) is 34.7 Å². The van der Waals surface area contributed by atoms with Gasteiger partial charge in [-0.05, 0) is 48.1 Å². The molecule has 0 aliphatic carbocycles. The van der Waals surface area contributed by atoms with E-state index in [2.05, 4.69) is 53.3 Å². The molecule has 2 unspecified atom stereocenters. The number of rotatable bonds is 16. The van der Waals surface area contributed by atoms with Gasteiger partial charge in [0.05, 0.1) is 19.8 Å². The second kappa shape index (κ2) is 15.4. The van der Waals surface area contributed by atoms with Gasteiger partial charge in [-0.25, -0.2) is 14.4 Å². The van der Waals surface area contributed by atoms with Crippen molar-refractivity contribution in [3.8, 4) is 28.3 Å². The lowest BCUT2D eigenvalue weighted by Gasteiger charge is -2.14. The summed E-state index contributed by atoms with van der Waals surface area (Å²) in [7, 11) is 0. The van der Waals surface area contributed by atoms with Gasteiger partial charge in [0.25, 0.3) is 0 Å². The third kappa shape index (κ3) is 9.34. The van der Waals surface area contributed by atoms with E-state index in [0.29, 0.717) is 19.6 Å². The lowest BCUT2D eigenvalue weighted by atomic mass is 10.0. The predicted octanol–water partition coefficient (Wildman–Crippen LogP) is 8.10.